The molecule has 1 saturated heterocycles. The summed E-state index contributed by atoms with van der Waals surface area (Å²) in [6.45, 7) is 7.81. The van der Waals surface area contributed by atoms with Crippen LogP contribution in [0.1, 0.15) is 84.9 Å². The number of carbonyl (C=O) groups is 1. The van der Waals surface area contributed by atoms with Gasteiger partial charge in [-0.05, 0) is 88.3 Å². The number of rotatable bonds is 13. The molecule has 0 bridgehead atoms. The number of hydrogen-bond donors (Lipinski definition) is 1. The number of anilines is 1. The van der Waals surface area contributed by atoms with Gasteiger partial charge in [-0.2, -0.15) is 0 Å². The normalized spacial score (nSPS) is 23.2. The average molecular weight is 574 g/mol. The van der Waals surface area contributed by atoms with Crippen LogP contribution >= 0.6 is 0 Å². The van der Waals surface area contributed by atoms with Crippen molar-refractivity contribution < 1.29 is 27.2 Å². The van der Waals surface area contributed by atoms with Gasteiger partial charge in [0.2, 0.25) is 5.91 Å². The number of carbonyl (C=O) groups excluding carboxylic acids is 1. The standard InChI is InChI=1S/C34H53N3O4/c1-11-27-14-13-15-28(24(3)4)32(27)35-31(38)20-36-16-17-37(33(7,8)21-36)22-34(9,39-10)23-41-30-19-26(6)25(5)18-29(30)40-12-2/h13-15,18-19,24H,11-12,16-17,20-23H2,1-10H3,(H,35,38)/i16D2,17D2,21D2. The number of ether oxygens (including phenoxy) is 3. The van der Waals surface area contributed by atoms with Crippen LogP contribution in [0, 0.1) is 13.8 Å². The highest BCUT2D eigenvalue weighted by molar-refractivity contribution is 5.94. The van der Waals surface area contributed by atoms with Crippen molar-refractivity contribution in [2.24, 2.45) is 0 Å². The van der Waals surface area contributed by atoms with E-state index < -0.39 is 43.1 Å². The van der Waals surface area contributed by atoms with Gasteiger partial charge in [-0.1, -0.05) is 39.0 Å². The van der Waals surface area contributed by atoms with Crippen molar-refractivity contribution in [1.29, 1.82) is 0 Å². The van der Waals surface area contributed by atoms with Crippen LogP contribution in [0.25, 0.3) is 0 Å². The fraction of sp³-hybridized carbons (Fsp3) is 0.618. The smallest absolute Gasteiger partial charge is 0.238 e. The molecule has 3 rings (SSSR count). The number of methoxy groups -OCH3 is 1. The Kier molecular flexibility index (Phi) is 8.54. The molecule has 0 radical (unpaired) electrons. The van der Waals surface area contributed by atoms with Crippen LogP contribution in [-0.4, -0.2) is 79.8 Å². The molecule has 1 heterocycles. The van der Waals surface area contributed by atoms with Gasteiger partial charge < -0.3 is 19.5 Å². The lowest BCUT2D eigenvalue weighted by Gasteiger charge is -2.49. The molecule has 1 aliphatic heterocycles. The van der Waals surface area contributed by atoms with E-state index in [0.29, 0.717) is 35.1 Å². The zero-order valence-electron chi connectivity index (χ0n) is 32.5. The summed E-state index contributed by atoms with van der Waals surface area (Å²) in [4.78, 5) is 15.4. The summed E-state index contributed by atoms with van der Waals surface area (Å²) in [6, 6.07) is 9.52. The van der Waals surface area contributed by atoms with Gasteiger partial charge in [0.1, 0.15) is 12.2 Å². The highest BCUT2D eigenvalue weighted by Gasteiger charge is 2.39. The number of nitrogens with zero attached hydrogens (tertiary/aromatic N) is 2. The Hall–Kier alpha value is -2.61. The van der Waals surface area contributed by atoms with Crippen molar-refractivity contribution >= 4 is 11.6 Å². The minimum atomic E-state index is -2.93. The first-order valence-corrected chi connectivity index (χ1v) is 14.5. The van der Waals surface area contributed by atoms with Gasteiger partial charge in [0, 0.05) is 52.6 Å². The van der Waals surface area contributed by atoms with E-state index in [0.717, 1.165) is 27.2 Å². The maximum atomic E-state index is 13.5. The third-order valence-electron chi connectivity index (χ3n) is 7.53. The zero-order valence-corrected chi connectivity index (χ0v) is 26.5. The maximum absolute atomic E-state index is 13.5. The lowest BCUT2D eigenvalue weighted by molar-refractivity contribution is -0.120. The van der Waals surface area contributed by atoms with E-state index in [1.165, 1.54) is 21.0 Å². The van der Waals surface area contributed by atoms with Crippen LogP contribution in [-0.2, 0) is 16.0 Å². The summed E-state index contributed by atoms with van der Waals surface area (Å²) in [5.74, 6) is 0.527. The molecule has 0 aliphatic carbocycles. The summed E-state index contributed by atoms with van der Waals surface area (Å²) in [6.07, 6.45) is 0.657. The van der Waals surface area contributed by atoms with Crippen molar-refractivity contribution in [2.45, 2.75) is 85.8 Å². The van der Waals surface area contributed by atoms with E-state index >= 15 is 0 Å². The Labute approximate surface area is 257 Å². The quantitative estimate of drug-likeness (QED) is 0.308. The third-order valence-corrected chi connectivity index (χ3v) is 7.53. The number of hydrogen-bond acceptors (Lipinski definition) is 6. The van der Waals surface area contributed by atoms with Crippen LogP contribution in [0.2, 0.25) is 0 Å². The lowest BCUT2D eigenvalue weighted by Crippen LogP contribution is -2.63. The fourth-order valence-electron chi connectivity index (χ4n) is 4.74. The molecule has 0 saturated carbocycles. The van der Waals surface area contributed by atoms with Gasteiger partial charge in [0.15, 0.2) is 11.5 Å². The van der Waals surface area contributed by atoms with Crippen molar-refractivity contribution in [1.82, 2.24) is 9.80 Å². The molecule has 1 unspecified atom stereocenters. The van der Waals surface area contributed by atoms with Crippen molar-refractivity contribution in [3.05, 3.63) is 52.6 Å². The second-order valence-electron chi connectivity index (χ2n) is 11.8. The van der Waals surface area contributed by atoms with Gasteiger partial charge in [0.05, 0.1) is 13.2 Å². The molecular weight excluding hydrogens is 514 g/mol. The molecule has 7 nitrogen and oxygen atoms in total. The predicted molar refractivity (Wildman–Crippen MR) is 169 cm³/mol. The van der Waals surface area contributed by atoms with Crippen molar-refractivity contribution in [3.8, 4) is 11.5 Å². The molecule has 41 heavy (non-hydrogen) atoms. The average Bonchev–Trinajstić information content (AvgIpc) is 2.98. The lowest BCUT2D eigenvalue weighted by atomic mass is 9.95. The summed E-state index contributed by atoms with van der Waals surface area (Å²) in [7, 11) is 1.46. The molecule has 0 spiro atoms. The Morgan fingerprint density at radius 2 is 1.78 bits per heavy atom. The molecule has 2 aromatic carbocycles. The monoisotopic (exact) mass is 573 g/mol. The number of para-hydroxylation sites is 1. The molecule has 0 aromatic heterocycles. The van der Waals surface area contributed by atoms with Gasteiger partial charge in [-0.15, -0.1) is 0 Å². The third kappa shape index (κ3) is 8.46. The van der Waals surface area contributed by atoms with Crippen LogP contribution in [0.3, 0.4) is 0 Å². The van der Waals surface area contributed by atoms with E-state index in [4.69, 9.17) is 19.7 Å². The van der Waals surface area contributed by atoms with Crippen LogP contribution < -0.4 is 14.8 Å². The Morgan fingerprint density at radius 1 is 1.12 bits per heavy atom. The Bertz CT molecular complexity index is 1410. The van der Waals surface area contributed by atoms with Gasteiger partial charge in [0.25, 0.3) is 0 Å². The second-order valence-corrected chi connectivity index (χ2v) is 11.8. The molecule has 7 heteroatoms. The van der Waals surface area contributed by atoms with Gasteiger partial charge >= 0.3 is 0 Å². The number of nitrogens with one attached hydrogen (secondary N) is 1. The molecule has 1 atom stereocenters. The van der Waals surface area contributed by atoms with E-state index in [-0.39, 0.29) is 19.1 Å². The molecule has 2 aromatic rings. The Balaban J connectivity index is 1.94. The first kappa shape index (κ1) is 24.9. The SMILES string of the molecule is [2H]C1([2H])N(CC(=O)Nc2c(CC)cccc2C(C)C)C([2H])([2H])C(C)(C)N(CC(C)(COc2cc(C)c(C)cc2OCC)OC)C1([2H])[2H]. The zero-order chi connectivity index (χ0) is 35.8. The highest BCUT2D eigenvalue weighted by Crippen LogP contribution is 2.33. The number of amides is 1. The molecule has 228 valence electrons. The molecule has 1 aliphatic rings. The van der Waals surface area contributed by atoms with E-state index in [1.807, 2.05) is 71.9 Å². The largest absolute Gasteiger partial charge is 0.490 e. The van der Waals surface area contributed by atoms with E-state index in [1.54, 1.807) is 6.92 Å². The van der Waals surface area contributed by atoms with Gasteiger partial charge in [-0.3, -0.25) is 14.6 Å². The second kappa shape index (κ2) is 14.0. The summed E-state index contributed by atoms with van der Waals surface area (Å²) >= 11 is 0. The van der Waals surface area contributed by atoms with Crippen LogP contribution in [0.4, 0.5) is 5.69 Å². The molecule has 1 fully saturated rings. The molecule has 1 amide bonds. The Morgan fingerprint density at radius 3 is 2.37 bits per heavy atom. The first-order valence-electron chi connectivity index (χ1n) is 17.5. The highest BCUT2D eigenvalue weighted by atomic mass is 16.5. The predicted octanol–water partition coefficient (Wildman–Crippen LogP) is 6.21. The van der Waals surface area contributed by atoms with E-state index in [2.05, 4.69) is 5.32 Å². The summed E-state index contributed by atoms with van der Waals surface area (Å²) in [5.41, 5.74) is 1.66. The molecular formula is C34H53N3O4. The fourth-order valence-corrected chi connectivity index (χ4v) is 4.74. The van der Waals surface area contributed by atoms with Crippen LogP contribution in [0.15, 0.2) is 30.3 Å². The topological polar surface area (TPSA) is 63.3 Å². The summed E-state index contributed by atoms with van der Waals surface area (Å²) in [5, 5.41) is 2.90. The van der Waals surface area contributed by atoms with Crippen molar-refractivity contribution in [2.75, 3.05) is 58.2 Å². The maximum Gasteiger partial charge on any atom is 0.238 e. The van der Waals surface area contributed by atoms with Gasteiger partial charge in [-0.25, -0.2) is 0 Å². The van der Waals surface area contributed by atoms with E-state index in [9.17, 15) is 7.54 Å². The number of aryl methyl sites for hydroxylation is 3. The number of benzene rings is 2. The number of piperazine rings is 1. The minimum absolute atomic E-state index is 0.0537. The van der Waals surface area contributed by atoms with Crippen molar-refractivity contribution in [3.63, 3.8) is 0 Å². The first-order chi connectivity index (χ1) is 21.6. The summed E-state index contributed by atoms with van der Waals surface area (Å²) < 4.78 is 72.5. The molecule has 1 N–H and O–H groups in total. The minimum Gasteiger partial charge on any atom is -0.490 e. The van der Waals surface area contributed by atoms with Crippen LogP contribution in [0.5, 0.6) is 11.5 Å².